The van der Waals surface area contributed by atoms with Crippen LogP contribution in [-0.4, -0.2) is 125 Å². The van der Waals surface area contributed by atoms with E-state index in [-0.39, 0.29) is 6.04 Å². The second kappa shape index (κ2) is 34.5. The zero-order valence-electron chi connectivity index (χ0n) is 36.9. The Morgan fingerprint density at radius 1 is 0.714 bits per heavy atom. The molecule has 0 aromatic heterocycles. The second-order valence-corrected chi connectivity index (χ2v) is 12.2. The van der Waals surface area contributed by atoms with Gasteiger partial charge in [-0.25, -0.2) is 0 Å². The molecular formula is C45H77N3O8. The van der Waals surface area contributed by atoms with Crippen LogP contribution in [0.3, 0.4) is 0 Å². The molecule has 0 fully saturated rings. The summed E-state index contributed by atoms with van der Waals surface area (Å²) in [5.74, 6) is 2.22. The third kappa shape index (κ3) is 21.5. The summed E-state index contributed by atoms with van der Waals surface area (Å²) in [7, 11) is 5.41. The van der Waals surface area contributed by atoms with Gasteiger partial charge < -0.3 is 53.0 Å². The Morgan fingerprint density at radius 3 is 1.91 bits per heavy atom. The number of methoxy groups -OCH3 is 2. The summed E-state index contributed by atoms with van der Waals surface area (Å²) in [6, 6.07) is 12.7. The number of rotatable bonds is 31. The van der Waals surface area contributed by atoms with E-state index >= 15 is 0 Å². The fraction of sp³-hybridized carbons (Fsp3) is 0.600. The molecule has 0 saturated heterocycles. The number of ether oxygens (including phenoxy) is 8. The van der Waals surface area contributed by atoms with E-state index in [2.05, 4.69) is 80.4 Å². The van der Waals surface area contributed by atoms with Crippen molar-refractivity contribution in [2.75, 3.05) is 124 Å². The molecule has 0 heterocycles. The Morgan fingerprint density at radius 2 is 1.29 bits per heavy atom. The van der Waals surface area contributed by atoms with Crippen LogP contribution in [0.4, 0.5) is 11.4 Å². The maximum absolute atomic E-state index is 6.53. The first-order valence-electron chi connectivity index (χ1n) is 20.3. The van der Waals surface area contributed by atoms with E-state index in [0.717, 1.165) is 46.1 Å². The SMILES string of the molecule is C=C/C(OCCOC)=C(\C=C)N(CCOc1cc(C)ccc1NCCOCCOC)CCOc1cc(C)ccc1N(C)C(C)CCOCCOCC.CC.CC. The minimum Gasteiger partial charge on any atom is -0.490 e. The van der Waals surface area contributed by atoms with E-state index in [0.29, 0.717) is 98.1 Å². The molecule has 2 rings (SSSR count). The molecule has 0 saturated carbocycles. The summed E-state index contributed by atoms with van der Waals surface area (Å²) >= 11 is 0. The maximum atomic E-state index is 6.53. The van der Waals surface area contributed by atoms with E-state index in [1.165, 1.54) is 0 Å². The highest BCUT2D eigenvalue weighted by atomic mass is 16.5. The smallest absolute Gasteiger partial charge is 0.142 e. The molecule has 0 aliphatic heterocycles. The van der Waals surface area contributed by atoms with E-state index in [9.17, 15) is 0 Å². The number of aryl methyl sites for hydroxylation is 2. The van der Waals surface area contributed by atoms with Gasteiger partial charge in [0.25, 0.3) is 0 Å². The fourth-order valence-electron chi connectivity index (χ4n) is 5.22. The van der Waals surface area contributed by atoms with Gasteiger partial charge in [-0.05, 0) is 81.7 Å². The average Bonchev–Trinajstić information content (AvgIpc) is 3.21. The largest absolute Gasteiger partial charge is 0.490 e. The van der Waals surface area contributed by atoms with Crippen LogP contribution in [-0.2, 0) is 28.4 Å². The summed E-state index contributed by atoms with van der Waals surface area (Å²) in [6.45, 7) is 32.1. The van der Waals surface area contributed by atoms with E-state index in [4.69, 9.17) is 37.9 Å². The molecule has 0 bridgehead atoms. The van der Waals surface area contributed by atoms with E-state index in [1.54, 1.807) is 26.4 Å². The lowest BCUT2D eigenvalue weighted by Crippen LogP contribution is -2.33. The molecule has 320 valence electrons. The Balaban J connectivity index is 0.00000731. The van der Waals surface area contributed by atoms with Crippen LogP contribution in [0.2, 0.25) is 0 Å². The molecule has 11 nitrogen and oxygen atoms in total. The Kier molecular flexibility index (Phi) is 32.2. The molecule has 0 aliphatic rings. The lowest BCUT2D eigenvalue weighted by molar-refractivity contribution is 0.0505. The molecule has 11 heteroatoms. The quantitative estimate of drug-likeness (QED) is 0.0452. The lowest BCUT2D eigenvalue weighted by atomic mass is 10.1. The number of hydrogen-bond donors (Lipinski definition) is 1. The lowest BCUT2D eigenvalue weighted by Gasteiger charge is -2.30. The molecule has 1 atom stereocenters. The summed E-state index contributed by atoms with van der Waals surface area (Å²) in [4.78, 5) is 4.41. The average molecular weight is 788 g/mol. The highest BCUT2D eigenvalue weighted by Crippen LogP contribution is 2.31. The van der Waals surface area contributed by atoms with Crippen molar-refractivity contribution < 1.29 is 37.9 Å². The monoisotopic (exact) mass is 788 g/mol. The van der Waals surface area contributed by atoms with Gasteiger partial charge in [-0.3, -0.25) is 0 Å². The number of benzene rings is 2. The number of anilines is 2. The normalized spacial score (nSPS) is 11.5. The second-order valence-electron chi connectivity index (χ2n) is 12.2. The van der Waals surface area contributed by atoms with Crippen LogP contribution in [0.1, 0.15) is 59.1 Å². The maximum Gasteiger partial charge on any atom is 0.142 e. The minimum absolute atomic E-state index is 0.240. The van der Waals surface area contributed by atoms with Gasteiger partial charge in [0, 0.05) is 47.1 Å². The zero-order chi connectivity index (χ0) is 42.0. The third-order valence-corrected chi connectivity index (χ3v) is 8.30. The molecule has 0 radical (unpaired) electrons. The van der Waals surface area contributed by atoms with Crippen molar-refractivity contribution in [1.29, 1.82) is 0 Å². The number of nitrogens with zero attached hydrogens (tertiary/aromatic N) is 2. The third-order valence-electron chi connectivity index (χ3n) is 8.30. The molecule has 2 aromatic carbocycles. The molecule has 0 amide bonds. The van der Waals surface area contributed by atoms with Gasteiger partial charge in [-0.1, -0.05) is 53.0 Å². The van der Waals surface area contributed by atoms with Gasteiger partial charge in [0.1, 0.15) is 37.1 Å². The fourth-order valence-corrected chi connectivity index (χ4v) is 5.22. The van der Waals surface area contributed by atoms with Gasteiger partial charge in [-0.2, -0.15) is 0 Å². The Bertz CT molecular complexity index is 1320. The van der Waals surface area contributed by atoms with Crippen LogP contribution >= 0.6 is 0 Å². The van der Waals surface area contributed by atoms with Crippen molar-refractivity contribution in [3.63, 3.8) is 0 Å². The first kappa shape index (κ1) is 52.3. The molecule has 0 spiro atoms. The van der Waals surface area contributed by atoms with Crippen LogP contribution in [0, 0.1) is 13.8 Å². The predicted octanol–water partition coefficient (Wildman–Crippen LogP) is 8.71. The summed E-state index contributed by atoms with van der Waals surface area (Å²) in [5.41, 5.74) is 4.97. The number of nitrogens with one attached hydrogen (secondary N) is 1. The topological polar surface area (TPSA) is 92.4 Å². The van der Waals surface area contributed by atoms with E-state index in [1.807, 2.05) is 46.8 Å². The van der Waals surface area contributed by atoms with Gasteiger partial charge >= 0.3 is 0 Å². The Labute approximate surface area is 340 Å². The first-order valence-corrected chi connectivity index (χ1v) is 20.3. The van der Waals surface area contributed by atoms with Crippen molar-refractivity contribution in [2.24, 2.45) is 0 Å². The molecule has 0 aliphatic carbocycles. The molecular weight excluding hydrogens is 711 g/mol. The molecule has 2 aromatic rings. The van der Waals surface area contributed by atoms with Crippen molar-refractivity contribution in [2.45, 2.75) is 67.9 Å². The number of allylic oxidation sites excluding steroid dienone is 2. The summed E-state index contributed by atoms with van der Waals surface area (Å²) in [6.07, 6.45) is 4.37. The van der Waals surface area contributed by atoms with Crippen LogP contribution in [0.5, 0.6) is 11.5 Å². The van der Waals surface area contributed by atoms with Crippen LogP contribution in [0.25, 0.3) is 0 Å². The van der Waals surface area contributed by atoms with Gasteiger partial charge in [0.05, 0.1) is 69.8 Å². The van der Waals surface area contributed by atoms with Gasteiger partial charge in [0.15, 0.2) is 0 Å². The van der Waals surface area contributed by atoms with Crippen molar-refractivity contribution in [3.05, 3.63) is 84.3 Å². The van der Waals surface area contributed by atoms with E-state index < -0.39 is 0 Å². The molecule has 56 heavy (non-hydrogen) atoms. The minimum atomic E-state index is 0.240. The Hall–Kier alpha value is -3.74. The highest BCUT2D eigenvalue weighted by molar-refractivity contribution is 5.60. The predicted molar refractivity (Wildman–Crippen MR) is 234 cm³/mol. The van der Waals surface area contributed by atoms with Crippen molar-refractivity contribution in [3.8, 4) is 11.5 Å². The van der Waals surface area contributed by atoms with Crippen molar-refractivity contribution in [1.82, 2.24) is 4.90 Å². The molecule has 1 unspecified atom stereocenters. The first-order chi connectivity index (χ1) is 27.3. The van der Waals surface area contributed by atoms with Gasteiger partial charge in [-0.15, -0.1) is 0 Å². The van der Waals surface area contributed by atoms with Crippen LogP contribution < -0.4 is 19.7 Å². The standard InChI is InChI=1S/C41H65N3O8.2C2H6/c1-10-37(39(11-2)52-30-26-46-9)44(19-23-50-40-31-33(4)13-15-36(40)42-18-22-49-27-25-45-8)20-24-51-41-32-34(5)14-16-38(41)43(7)35(6)17-21-48-29-28-47-12-3;2*1-2/h10-11,13-16,31-32,35,42H,1-2,12,17-30H2,3-9H3;2*1-2H3/b39-37-;;. The summed E-state index contributed by atoms with van der Waals surface area (Å²) < 4.78 is 46.0. The highest BCUT2D eigenvalue weighted by Gasteiger charge is 2.18. The molecule has 1 N–H and O–H groups in total. The van der Waals surface area contributed by atoms with Crippen molar-refractivity contribution >= 4 is 11.4 Å². The number of hydrogen-bond acceptors (Lipinski definition) is 11. The zero-order valence-corrected chi connectivity index (χ0v) is 36.9. The summed E-state index contributed by atoms with van der Waals surface area (Å²) in [5, 5.41) is 3.44. The van der Waals surface area contributed by atoms with Gasteiger partial charge in [0.2, 0.25) is 0 Å². The van der Waals surface area contributed by atoms with Crippen LogP contribution in [0.15, 0.2) is 73.2 Å².